The van der Waals surface area contributed by atoms with Gasteiger partial charge in [0.25, 0.3) is 0 Å². The summed E-state index contributed by atoms with van der Waals surface area (Å²) in [6.45, 7) is 9.95. The van der Waals surface area contributed by atoms with E-state index in [2.05, 4.69) is 42.7 Å². The highest BCUT2D eigenvalue weighted by molar-refractivity contribution is 5.68. The quantitative estimate of drug-likeness (QED) is 0.859. The fourth-order valence-corrected chi connectivity index (χ4v) is 3.10. The van der Waals surface area contributed by atoms with Crippen LogP contribution in [0.15, 0.2) is 18.2 Å². The second-order valence-corrected chi connectivity index (χ2v) is 7.61. The van der Waals surface area contributed by atoms with E-state index >= 15 is 0 Å². The number of alkyl carbamates (subject to hydrolysis) is 1. The molecule has 0 spiro atoms. The van der Waals surface area contributed by atoms with Crippen molar-refractivity contribution >= 4 is 11.8 Å². The highest BCUT2D eigenvalue weighted by Gasteiger charge is 2.25. The fraction of sp³-hybridized carbons (Fsp3) is 0.632. The van der Waals surface area contributed by atoms with Crippen LogP contribution in [0.5, 0.6) is 0 Å². The summed E-state index contributed by atoms with van der Waals surface area (Å²) < 4.78 is 5.33. The van der Waals surface area contributed by atoms with Crippen LogP contribution in [-0.4, -0.2) is 23.8 Å². The van der Waals surface area contributed by atoms with Gasteiger partial charge in [-0.1, -0.05) is 18.2 Å². The summed E-state index contributed by atoms with van der Waals surface area (Å²) in [5.41, 5.74) is 3.40. The van der Waals surface area contributed by atoms with Crippen molar-refractivity contribution in [2.75, 3.05) is 5.32 Å². The Morgan fingerprint density at radius 2 is 1.57 bits per heavy atom. The summed E-state index contributed by atoms with van der Waals surface area (Å²) in [5.74, 6) is 0. The van der Waals surface area contributed by atoms with E-state index in [1.165, 1.54) is 16.8 Å². The van der Waals surface area contributed by atoms with Crippen molar-refractivity contribution in [1.82, 2.24) is 5.32 Å². The van der Waals surface area contributed by atoms with Crippen LogP contribution in [0.1, 0.15) is 57.6 Å². The summed E-state index contributed by atoms with van der Waals surface area (Å²) in [5, 5.41) is 6.68. The Balaban J connectivity index is 1.81. The molecule has 0 unspecified atom stereocenters. The van der Waals surface area contributed by atoms with Crippen molar-refractivity contribution in [2.45, 2.75) is 78.0 Å². The van der Waals surface area contributed by atoms with Gasteiger partial charge in [0.15, 0.2) is 0 Å². The second kappa shape index (κ2) is 7.24. The first-order valence-electron chi connectivity index (χ1n) is 8.57. The van der Waals surface area contributed by atoms with Gasteiger partial charge in [-0.3, -0.25) is 0 Å². The number of carbonyl (C=O) groups is 1. The molecule has 2 rings (SSSR count). The maximum absolute atomic E-state index is 11.8. The van der Waals surface area contributed by atoms with E-state index in [0.29, 0.717) is 6.04 Å². The number of hydrogen-bond acceptors (Lipinski definition) is 3. The van der Waals surface area contributed by atoms with Gasteiger partial charge in [-0.05, 0) is 71.4 Å². The Bertz CT molecular complexity index is 521. The third-order valence-electron chi connectivity index (χ3n) is 4.28. The van der Waals surface area contributed by atoms with Gasteiger partial charge in [0.05, 0.1) is 0 Å². The number of nitrogens with one attached hydrogen (secondary N) is 2. The van der Waals surface area contributed by atoms with Gasteiger partial charge in [0.2, 0.25) is 0 Å². The molecule has 1 aromatic carbocycles. The Hall–Kier alpha value is -1.71. The highest BCUT2D eigenvalue weighted by atomic mass is 16.6. The SMILES string of the molecule is Cc1cccc(C)c1NC1CCC(NC(=O)OC(C)(C)C)CC1. The molecule has 1 saturated carbocycles. The van der Waals surface area contributed by atoms with Crippen LogP contribution in [0.2, 0.25) is 0 Å². The number of carbonyl (C=O) groups excluding carboxylic acids is 1. The average molecular weight is 318 g/mol. The molecule has 0 radical (unpaired) electrons. The number of amides is 1. The lowest BCUT2D eigenvalue weighted by Gasteiger charge is -2.31. The Labute approximate surface area is 140 Å². The van der Waals surface area contributed by atoms with E-state index in [1.54, 1.807) is 0 Å². The molecule has 0 heterocycles. The molecule has 1 fully saturated rings. The molecule has 4 heteroatoms. The standard InChI is InChI=1S/C19H30N2O2/c1-13-7-6-8-14(2)17(13)20-15-9-11-16(12-10-15)21-18(22)23-19(3,4)5/h6-8,15-16,20H,9-12H2,1-5H3,(H,21,22). The minimum Gasteiger partial charge on any atom is -0.444 e. The van der Waals surface area contributed by atoms with Crippen LogP contribution < -0.4 is 10.6 Å². The predicted octanol–water partition coefficient (Wildman–Crippen LogP) is 4.55. The number of para-hydroxylation sites is 1. The van der Waals surface area contributed by atoms with Crippen LogP contribution in [0.3, 0.4) is 0 Å². The summed E-state index contributed by atoms with van der Waals surface area (Å²) in [6.07, 6.45) is 3.80. The van der Waals surface area contributed by atoms with Crippen molar-refractivity contribution in [1.29, 1.82) is 0 Å². The average Bonchev–Trinajstić information content (AvgIpc) is 2.43. The first kappa shape index (κ1) is 17.6. The van der Waals surface area contributed by atoms with Gasteiger partial charge >= 0.3 is 6.09 Å². The summed E-state index contributed by atoms with van der Waals surface area (Å²) in [4.78, 5) is 11.8. The molecule has 0 atom stereocenters. The molecular weight excluding hydrogens is 288 g/mol. The number of hydrogen-bond donors (Lipinski definition) is 2. The maximum Gasteiger partial charge on any atom is 0.407 e. The molecule has 0 saturated heterocycles. The molecule has 1 aliphatic carbocycles. The molecule has 2 N–H and O–H groups in total. The zero-order valence-electron chi connectivity index (χ0n) is 15.0. The maximum atomic E-state index is 11.8. The molecule has 128 valence electrons. The highest BCUT2D eigenvalue weighted by Crippen LogP contribution is 2.26. The largest absolute Gasteiger partial charge is 0.444 e. The number of ether oxygens (including phenoxy) is 1. The fourth-order valence-electron chi connectivity index (χ4n) is 3.10. The topological polar surface area (TPSA) is 50.4 Å². The van der Waals surface area contributed by atoms with E-state index in [4.69, 9.17) is 4.74 Å². The zero-order chi connectivity index (χ0) is 17.0. The molecule has 1 aromatic rings. The van der Waals surface area contributed by atoms with E-state index in [1.807, 2.05) is 20.8 Å². The minimum absolute atomic E-state index is 0.223. The van der Waals surface area contributed by atoms with Crippen LogP contribution in [0.25, 0.3) is 0 Å². The smallest absolute Gasteiger partial charge is 0.407 e. The normalized spacial score (nSPS) is 21.6. The van der Waals surface area contributed by atoms with Crippen LogP contribution >= 0.6 is 0 Å². The number of rotatable bonds is 3. The zero-order valence-corrected chi connectivity index (χ0v) is 15.0. The van der Waals surface area contributed by atoms with Gasteiger partial charge in [0, 0.05) is 17.8 Å². The van der Waals surface area contributed by atoms with Gasteiger partial charge in [0.1, 0.15) is 5.60 Å². The van der Waals surface area contributed by atoms with E-state index in [-0.39, 0.29) is 12.1 Å². The summed E-state index contributed by atoms with van der Waals surface area (Å²) in [6, 6.07) is 7.08. The van der Waals surface area contributed by atoms with Gasteiger partial charge in [-0.25, -0.2) is 4.79 Å². The van der Waals surface area contributed by atoms with Crippen molar-refractivity contribution in [2.24, 2.45) is 0 Å². The van der Waals surface area contributed by atoms with Crippen LogP contribution in [0, 0.1) is 13.8 Å². The van der Waals surface area contributed by atoms with Crippen LogP contribution in [0.4, 0.5) is 10.5 Å². The summed E-state index contributed by atoms with van der Waals surface area (Å²) in [7, 11) is 0. The van der Waals surface area contributed by atoms with Crippen LogP contribution in [-0.2, 0) is 4.74 Å². The lowest BCUT2D eigenvalue weighted by molar-refractivity contribution is 0.0492. The van der Waals surface area contributed by atoms with E-state index in [0.717, 1.165) is 25.7 Å². The molecule has 1 aliphatic rings. The monoisotopic (exact) mass is 318 g/mol. The Kier molecular flexibility index (Phi) is 5.55. The number of anilines is 1. The number of benzene rings is 1. The van der Waals surface area contributed by atoms with E-state index < -0.39 is 5.60 Å². The molecule has 0 aromatic heterocycles. The molecular formula is C19H30N2O2. The second-order valence-electron chi connectivity index (χ2n) is 7.61. The van der Waals surface area contributed by atoms with Crippen molar-refractivity contribution in [3.05, 3.63) is 29.3 Å². The first-order chi connectivity index (χ1) is 10.7. The molecule has 23 heavy (non-hydrogen) atoms. The summed E-state index contributed by atoms with van der Waals surface area (Å²) >= 11 is 0. The third kappa shape index (κ3) is 5.45. The molecule has 4 nitrogen and oxygen atoms in total. The predicted molar refractivity (Wildman–Crippen MR) is 95.0 cm³/mol. The molecule has 0 bridgehead atoms. The van der Waals surface area contributed by atoms with Crippen molar-refractivity contribution in [3.8, 4) is 0 Å². The first-order valence-corrected chi connectivity index (χ1v) is 8.57. The third-order valence-corrected chi connectivity index (χ3v) is 4.28. The number of aryl methyl sites for hydroxylation is 2. The van der Waals surface area contributed by atoms with Gasteiger partial charge < -0.3 is 15.4 Å². The van der Waals surface area contributed by atoms with Crippen molar-refractivity contribution in [3.63, 3.8) is 0 Å². The lowest BCUT2D eigenvalue weighted by atomic mass is 9.90. The van der Waals surface area contributed by atoms with Gasteiger partial charge in [-0.2, -0.15) is 0 Å². The van der Waals surface area contributed by atoms with Gasteiger partial charge in [-0.15, -0.1) is 0 Å². The Morgan fingerprint density at radius 3 is 2.09 bits per heavy atom. The Morgan fingerprint density at radius 1 is 1.04 bits per heavy atom. The van der Waals surface area contributed by atoms with E-state index in [9.17, 15) is 4.79 Å². The molecule has 1 amide bonds. The molecule has 0 aliphatic heterocycles. The van der Waals surface area contributed by atoms with Crippen molar-refractivity contribution < 1.29 is 9.53 Å². The minimum atomic E-state index is -0.439. The lowest BCUT2D eigenvalue weighted by Crippen LogP contribution is -2.42.